The van der Waals surface area contributed by atoms with E-state index < -0.39 is 0 Å². The van der Waals surface area contributed by atoms with Gasteiger partial charge < -0.3 is 5.32 Å². The molecule has 1 N–H and O–H groups in total. The van der Waals surface area contributed by atoms with Gasteiger partial charge in [-0.2, -0.15) is 0 Å². The van der Waals surface area contributed by atoms with Crippen LogP contribution in [0.5, 0.6) is 0 Å². The SMILES string of the molecule is CNc1cc(-c2ccc(C)c(C)c2)nc(C2CC2)n1. The summed E-state index contributed by atoms with van der Waals surface area (Å²) in [5, 5.41) is 3.14. The first-order valence-electron chi connectivity index (χ1n) is 6.81. The van der Waals surface area contributed by atoms with Crippen molar-refractivity contribution in [2.24, 2.45) is 0 Å². The van der Waals surface area contributed by atoms with Crippen molar-refractivity contribution in [2.45, 2.75) is 32.6 Å². The molecule has 0 spiro atoms. The van der Waals surface area contributed by atoms with Crippen LogP contribution in [0.4, 0.5) is 5.82 Å². The van der Waals surface area contributed by atoms with Gasteiger partial charge in [0, 0.05) is 24.6 Å². The fourth-order valence-electron chi connectivity index (χ4n) is 2.17. The van der Waals surface area contributed by atoms with Gasteiger partial charge in [0.2, 0.25) is 0 Å². The summed E-state index contributed by atoms with van der Waals surface area (Å²) in [6.45, 7) is 4.27. The number of benzene rings is 1. The Morgan fingerprint density at radius 1 is 1.05 bits per heavy atom. The predicted octanol–water partition coefficient (Wildman–Crippen LogP) is 3.68. The van der Waals surface area contributed by atoms with Gasteiger partial charge in [-0.25, -0.2) is 9.97 Å². The van der Waals surface area contributed by atoms with Crippen LogP contribution < -0.4 is 5.32 Å². The molecule has 3 rings (SSSR count). The number of hydrogen-bond donors (Lipinski definition) is 1. The first-order valence-corrected chi connectivity index (χ1v) is 6.81. The van der Waals surface area contributed by atoms with Gasteiger partial charge in [-0.15, -0.1) is 0 Å². The van der Waals surface area contributed by atoms with Crippen molar-refractivity contribution in [1.82, 2.24) is 9.97 Å². The lowest BCUT2D eigenvalue weighted by molar-refractivity contribution is 0.932. The van der Waals surface area contributed by atoms with Gasteiger partial charge in [0.1, 0.15) is 11.6 Å². The lowest BCUT2D eigenvalue weighted by Crippen LogP contribution is -2.00. The van der Waals surface area contributed by atoms with Crippen molar-refractivity contribution >= 4 is 5.82 Å². The van der Waals surface area contributed by atoms with E-state index in [1.165, 1.54) is 29.5 Å². The fourth-order valence-corrected chi connectivity index (χ4v) is 2.17. The molecule has 1 fully saturated rings. The number of anilines is 1. The maximum atomic E-state index is 4.73. The number of nitrogens with one attached hydrogen (secondary N) is 1. The predicted molar refractivity (Wildman–Crippen MR) is 78.5 cm³/mol. The van der Waals surface area contributed by atoms with Crippen LogP contribution in [0.2, 0.25) is 0 Å². The van der Waals surface area contributed by atoms with E-state index in [4.69, 9.17) is 4.98 Å². The minimum absolute atomic E-state index is 0.568. The van der Waals surface area contributed by atoms with Crippen LogP contribution in [0.3, 0.4) is 0 Å². The average molecular weight is 253 g/mol. The molecule has 0 radical (unpaired) electrons. The highest BCUT2D eigenvalue weighted by Gasteiger charge is 2.27. The van der Waals surface area contributed by atoms with Gasteiger partial charge >= 0.3 is 0 Å². The third-order valence-electron chi connectivity index (χ3n) is 3.74. The minimum Gasteiger partial charge on any atom is -0.373 e. The lowest BCUT2D eigenvalue weighted by atomic mass is 10.0. The zero-order valence-electron chi connectivity index (χ0n) is 11.7. The molecule has 0 aliphatic heterocycles. The summed E-state index contributed by atoms with van der Waals surface area (Å²) in [6.07, 6.45) is 2.44. The van der Waals surface area contributed by atoms with Crippen molar-refractivity contribution in [2.75, 3.05) is 12.4 Å². The summed E-state index contributed by atoms with van der Waals surface area (Å²) in [7, 11) is 1.91. The molecule has 19 heavy (non-hydrogen) atoms. The normalized spacial score (nSPS) is 14.5. The molecule has 1 heterocycles. The van der Waals surface area contributed by atoms with Crippen LogP contribution in [0, 0.1) is 13.8 Å². The third kappa shape index (κ3) is 2.46. The van der Waals surface area contributed by atoms with Gasteiger partial charge in [0.05, 0.1) is 5.69 Å². The highest BCUT2D eigenvalue weighted by atomic mass is 15.0. The van der Waals surface area contributed by atoms with Gasteiger partial charge in [-0.3, -0.25) is 0 Å². The first-order chi connectivity index (χ1) is 9.17. The van der Waals surface area contributed by atoms with Gasteiger partial charge in [-0.05, 0) is 43.9 Å². The van der Waals surface area contributed by atoms with Gasteiger partial charge in [0.15, 0.2) is 0 Å². The summed E-state index contributed by atoms with van der Waals surface area (Å²) in [6, 6.07) is 8.52. The Kier molecular flexibility index (Phi) is 2.97. The topological polar surface area (TPSA) is 37.8 Å². The molecule has 1 aliphatic rings. The van der Waals surface area contributed by atoms with E-state index in [9.17, 15) is 0 Å². The van der Waals surface area contributed by atoms with E-state index in [2.05, 4.69) is 42.3 Å². The van der Waals surface area contributed by atoms with Crippen molar-refractivity contribution in [3.8, 4) is 11.3 Å². The van der Waals surface area contributed by atoms with E-state index in [-0.39, 0.29) is 0 Å². The molecule has 0 amide bonds. The summed E-state index contributed by atoms with van der Waals surface area (Å²) >= 11 is 0. The van der Waals surface area contributed by atoms with Crippen molar-refractivity contribution in [1.29, 1.82) is 0 Å². The summed E-state index contributed by atoms with van der Waals surface area (Å²) < 4.78 is 0. The van der Waals surface area contributed by atoms with Crippen LogP contribution in [0.1, 0.15) is 35.7 Å². The first kappa shape index (κ1) is 12.2. The quantitative estimate of drug-likeness (QED) is 0.906. The van der Waals surface area contributed by atoms with Crippen LogP contribution >= 0.6 is 0 Å². The number of nitrogens with zero attached hydrogens (tertiary/aromatic N) is 2. The molecule has 2 aromatic rings. The molecule has 1 aliphatic carbocycles. The largest absolute Gasteiger partial charge is 0.373 e. The number of hydrogen-bond acceptors (Lipinski definition) is 3. The molecule has 0 atom stereocenters. The molecule has 1 aromatic heterocycles. The highest BCUT2D eigenvalue weighted by Crippen LogP contribution is 2.39. The minimum atomic E-state index is 0.568. The highest BCUT2D eigenvalue weighted by molar-refractivity contribution is 5.64. The Hall–Kier alpha value is -1.90. The lowest BCUT2D eigenvalue weighted by Gasteiger charge is -2.09. The van der Waals surface area contributed by atoms with Crippen LogP contribution in [0.15, 0.2) is 24.3 Å². The third-order valence-corrected chi connectivity index (χ3v) is 3.74. The maximum absolute atomic E-state index is 4.73. The van der Waals surface area contributed by atoms with E-state index in [1.807, 2.05) is 13.1 Å². The standard InChI is InChI=1S/C16H19N3/c1-10-4-5-13(8-11(10)2)14-9-15(17-3)19-16(18-14)12-6-7-12/h4-5,8-9,12H,6-7H2,1-3H3,(H,17,18,19). The molecule has 3 nitrogen and oxygen atoms in total. The van der Waals surface area contributed by atoms with E-state index >= 15 is 0 Å². The van der Waals surface area contributed by atoms with Gasteiger partial charge in [0.25, 0.3) is 0 Å². The van der Waals surface area contributed by atoms with Crippen molar-refractivity contribution < 1.29 is 0 Å². The Morgan fingerprint density at radius 3 is 2.47 bits per heavy atom. The van der Waals surface area contributed by atoms with E-state index in [0.717, 1.165) is 17.3 Å². The van der Waals surface area contributed by atoms with E-state index in [0.29, 0.717) is 5.92 Å². The molecular formula is C16H19N3. The molecule has 3 heteroatoms. The molecule has 0 saturated heterocycles. The second-order valence-corrected chi connectivity index (χ2v) is 5.32. The Labute approximate surface area is 114 Å². The number of aryl methyl sites for hydroxylation is 2. The summed E-state index contributed by atoms with van der Waals surface area (Å²) in [5.74, 6) is 2.46. The number of aromatic nitrogens is 2. The molecule has 0 unspecified atom stereocenters. The Morgan fingerprint density at radius 2 is 1.84 bits per heavy atom. The molecule has 1 aromatic carbocycles. The molecule has 0 bridgehead atoms. The van der Waals surface area contributed by atoms with Crippen LogP contribution in [0.25, 0.3) is 11.3 Å². The second-order valence-electron chi connectivity index (χ2n) is 5.32. The zero-order chi connectivity index (χ0) is 13.4. The Bertz CT molecular complexity index is 615. The average Bonchev–Trinajstić information content (AvgIpc) is 3.26. The smallest absolute Gasteiger partial charge is 0.134 e. The monoisotopic (exact) mass is 253 g/mol. The summed E-state index contributed by atoms with van der Waals surface area (Å²) in [4.78, 5) is 9.29. The second kappa shape index (κ2) is 4.65. The molecule has 98 valence electrons. The fraction of sp³-hybridized carbons (Fsp3) is 0.375. The van der Waals surface area contributed by atoms with Crippen molar-refractivity contribution in [3.63, 3.8) is 0 Å². The van der Waals surface area contributed by atoms with Crippen molar-refractivity contribution in [3.05, 3.63) is 41.2 Å². The maximum Gasteiger partial charge on any atom is 0.134 e. The molecular weight excluding hydrogens is 234 g/mol. The van der Waals surface area contributed by atoms with Gasteiger partial charge in [-0.1, -0.05) is 12.1 Å². The van der Waals surface area contributed by atoms with Crippen LogP contribution in [-0.2, 0) is 0 Å². The Balaban J connectivity index is 2.07. The summed E-state index contributed by atoms with van der Waals surface area (Å²) in [5.41, 5.74) is 4.80. The van der Waals surface area contributed by atoms with Crippen LogP contribution in [-0.4, -0.2) is 17.0 Å². The van der Waals surface area contributed by atoms with E-state index in [1.54, 1.807) is 0 Å². The zero-order valence-corrected chi connectivity index (χ0v) is 11.7. The molecule has 1 saturated carbocycles. The number of rotatable bonds is 3.